The first kappa shape index (κ1) is 17.6. The van der Waals surface area contributed by atoms with Crippen LogP contribution in [0.2, 0.25) is 0 Å². The number of amides is 1. The molecule has 1 amide bonds. The van der Waals surface area contributed by atoms with Crippen LogP contribution in [0.3, 0.4) is 0 Å². The maximum absolute atomic E-state index is 12.6. The summed E-state index contributed by atoms with van der Waals surface area (Å²) in [6, 6.07) is 4.22. The lowest BCUT2D eigenvalue weighted by Gasteiger charge is -2.56. The molecule has 3 nitrogen and oxygen atoms in total. The van der Waals surface area contributed by atoms with E-state index < -0.39 is 17.6 Å². The molecular weight excluding hydrogens is 341 g/mol. The number of rotatable bonds is 3. The lowest BCUT2D eigenvalue weighted by atomic mass is 9.48. The Morgan fingerprint density at radius 2 is 1.54 bits per heavy atom. The van der Waals surface area contributed by atoms with Crippen LogP contribution in [0, 0.1) is 23.2 Å². The molecule has 1 aromatic carbocycles. The van der Waals surface area contributed by atoms with E-state index in [0.29, 0.717) is 0 Å². The second-order valence-electron chi connectivity index (χ2n) is 8.41. The van der Waals surface area contributed by atoms with Crippen molar-refractivity contribution in [1.29, 1.82) is 0 Å². The first-order valence-corrected chi connectivity index (χ1v) is 9.27. The van der Waals surface area contributed by atoms with Gasteiger partial charge >= 0.3 is 6.18 Å². The monoisotopic (exact) mass is 364 g/mol. The van der Waals surface area contributed by atoms with Gasteiger partial charge in [-0.05, 0) is 87.5 Å². The van der Waals surface area contributed by atoms with E-state index in [4.69, 9.17) is 0 Å². The van der Waals surface area contributed by atoms with Crippen LogP contribution in [0.1, 0.15) is 61.4 Å². The van der Waals surface area contributed by atoms with Gasteiger partial charge in [0.1, 0.15) is 0 Å². The van der Waals surface area contributed by atoms with Gasteiger partial charge in [0.15, 0.2) is 0 Å². The SMILES string of the molecule is C/C(=N\NC(=O)c1ccc(C(F)(F)F)cc1)C12CC3CC(CC(C3)C1)C2. The number of halogens is 3. The highest BCUT2D eigenvalue weighted by molar-refractivity contribution is 5.96. The van der Waals surface area contributed by atoms with Crippen molar-refractivity contribution >= 4 is 11.6 Å². The molecule has 0 aromatic heterocycles. The van der Waals surface area contributed by atoms with Crippen molar-refractivity contribution in [2.45, 2.75) is 51.6 Å². The van der Waals surface area contributed by atoms with Crippen LogP contribution in [0.15, 0.2) is 29.4 Å². The molecule has 0 spiro atoms. The maximum atomic E-state index is 12.6. The molecular formula is C20H23F3N2O. The van der Waals surface area contributed by atoms with E-state index >= 15 is 0 Å². The van der Waals surface area contributed by atoms with Crippen molar-refractivity contribution in [2.75, 3.05) is 0 Å². The highest BCUT2D eigenvalue weighted by Gasteiger charge is 2.52. The largest absolute Gasteiger partial charge is 0.416 e. The Balaban J connectivity index is 1.45. The fourth-order valence-electron chi connectivity index (χ4n) is 5.68. The Morgan fingerprint density at radius 1 is 1.04 bits per heavy atom. The molecule has 4 aliphatic rings. The number of carbonyl (C=O) groups is 1. The Hall–Kier alpha value is -1.85. The minimum atomic E-state index is -4.40. The predicted octanol–water partition coefficient (Wildman–Crippen LogP) is 5.03. The highest BCUT2D eigenvalue weighted by Crippen LogP contribution is 2.60. The van der Waals surface area contributed by atoms with Gasteiger partial charge < -0.3 is 0 Å². The molecule has 0 unspecified atom stereocenters. The first-order valence-electron chi connectivity index (χ1n) is 9.27. The van der Waals surface area contributed by atoms with Gasteiger partial charge in [-0.1, -0.05) is 0 Å². The number of hydrogen-bond acceptors (Lipinski definition) is 2. The summed E-state index contributed by atoms with van der Waals surface area (Å²) in [6.45, 7) is 1.99. The average molecular weight is 364 g/mol. The zero-order valence-electron chi connectivity index (χ0n) is 14.8. The molecule has 26 heavy (non-hydrogen) atoms. The van der Waals surface area contributed by atoms with Gasteiger partial charge in [0.25, 0.3) is 5.91 Å². The van der Waals surface area contributed by atoms with Gasteiger partial charge in [-0.3, -0.25) is 4.79 Å². The fraction of sp³-hybridized carbons (Fsp3) is 0.600. The van der Waals surface area contributed by atoms with Crippen molar-refractivity contribution in [3.63, 3.8) is 0 Å². The summed E-state index contributed by atoms with van der Waals surface area (Å²) in [5, 5.41) is 4.36. The summed E-state index contributed by atoms with van der Waals surface area (Å²) >= 11 is 0. The number of hydrazone groups is 1. The molecule has 0 saturated heterocycles. The molecule has 4 saturated carbocycles. The summed E-state index contributed by atoms with van der Waals surface area (Å²) < 4.78 is 37.8. The normalized spacial score (nSPS) is 33.4. The predicted molar refractivity (Wildman–Crippen MR) is 92.6 cm³/mol. The Kier molecular flexibility index (Phi) is 4.12. The lowest BCUT2D eigenvalue weighted by molar-refractivity contribution is -0.137. The lowest BCUT2D eigenvalue weighted by Crippen LogP contribution is -2.49. The Bertz CT molecular complexity index is 701. The van der Waals surface area contributed by atoms with Gasteiger partial charge in [0.05, 0.1) is 5.56 Å². The van der Waals surface area contributed by atoms with E-state index in [0.717, 1.165) is 54.9 Å². The Morgan fingerprint density at radius 3 is 2.00 bits per heavy atom. The third-order valence-electron chi connectivity index (χ3n) is 6.61. The van der Waals surface area contributed by atoms with Crippen LogP contribution in [-0.4, -0.2) is 11.6 Å². The molecule has 140 valence electrons. The van der Waals surface area contributed by atoms with Gasteiger partial charge in [0.2, 0.25) is 0 Å². The minimum Gasteiger partial charge on any atom is -0.267 e. The summed E-state index contributed by atoms with van der Waals surface area (Å²) in [7, 11) is 0. The van der Waals surface area contributed by atoms with Crippen LogP contribution in [-0.2, 0) is 6.18 Å². The average Bonchev–Trinajstić information content (AvgIpc) is 2.57. The van der Waals surface area contributed by atoms with Gasteiger partial charge in [0, 0.05) is 16.7 Å². The molecule has 5 rings (SSSR count). The first-order chi connectivity index (χ1) is 12.2. The fourth-order valence-corrected chi connectivity index (χ4v) is 5.68. The van der Waals surface area contributed by atoms with Crippen LogP contribution in [0.5, 0.6) is 0 Å². The van der Waals surface area contributed by atoms with E-state index in [1.165, 1.54) is 31.4 Å². The van der Waals surface area contributed by atoms with Gasteiger partial charge in [-0.2, -0.15) is 18.3 Å². The highest BCUT2D eigenvalue weighted by atomic mass is 19.4. The van der Waals surface area contributed by atoms with Crippen LogP contribution in [0.25, 0.3) is 0 Å². The standard InChI is InChI=1S/C20H23F3N2O/c1-12(19-9-13-6-14(10-19)8-15(7-13)11-19)24-25-18(26)16-2-4-17(5-3-16)20(21,22)23/h2-5,13-15H,6-11H2,1H3,(H,25,26)/b24-12+. The van der Waals surface area contributed by atoms with Gasteiger partial charge in [-0.25, -0.2) is 5.43 Å². The third-order valence-corrected chi connectivity index (χ3v) is 6.61. The molecule has 4 fully saturated rings. The van der Waals surface area contributed by atoms with Crippen molar-refractivity contribution in [1.82, 2.24) is 5.43 Å². The molecule has 0 radical (unpaired) electrons. The Labute approximate surface area is 151 Å². The summed E-state index contributed by atoms with van der Waals surface area (Å²) in [6.07, 6.45) is 3.08. The second kappa shape index (κ2) is 6.10. The minimum absolute atomic E-state index is 0.113. The van der Waals surface area contributed by atoms with Crippen LogP contribution in [0.4, 0.5) is 13.2 Å². The third kappa shape index (κ3) is 3.14. The summed E-state index contributed by atoms with van der Waals surface area (Å²) in [4.78, 5) is 12.2. The van der Waals surface area contributed by atoms with Crippen molar-refractivity contribution < 1.29 is 18.0 Å². The van der Waals surface area contributed by atoms with Crippen molar-refractivity contribution in [2.24, 2.45) is 28.3 Å². The van der Waals surface area contributed by atoms with E-state index in [1.807, 2.05) is 6.92 Å². The molecule has 4 bridgehead atoms. The molecule has 0 atom stereocenters. The number of nitrogens with one attached hydrogen (secondary N) is 1. The topological polar surface area (TPSA) is 41.5 Å². The van der Waals surface area contributed by atoms with E-state index in [2.05, 4.69) is 10.5 Å². The van der Waals surface area contributed by atoms with E-state index in [9.17, 15) is 18.0 Å². The number of nitrogens with zero attached hydrogens (tertiary/aromatic N) is 1. The van der Waals surface area contributed by atoms with Crippen molar-refractivity contribution in [3.05, 3.63) is 35.4 Å². The number of hydrogen-bond donors (Lipinski definition) is 1. The van der Waals surface area contributed by atoms with Crippen LogP contribution >= 0.6 is 0 Å². The zero-order valence-corrected chi connectivity index (χ0v) is 14.8. The zero-order chi connectivity index (χ0) is 18.5. The smallest absolute Gasteiger partial charge is 0.267 e. The quantitative estimate of drug-likeness (QED) is 0.593. The molecule has 0 aliphatic heterocycles. The van der Waals surface area contributed by atoms with E-state index in [-0.39, 0.29) is 11.0 Å². The summed E-state index contributed by atoms with van der Waals surface area (Å²) in [5.41, 5.74) is 3.05. The van der Waals surface area contributed by atoms with E-state index in [1.54, 1.807) is 0 Å². The maximum Gasteiger partial charge on any atom is 0.416 e. The van der Waals surface area contributed by atoms with Crippen molar-refractivity contribution in [3.8, 4) is 0 Å². The number of alkyl halides is 3. The molecule has 1 aromatic rings. The second-order valence-corrected chi connectivity index (χ2v) is 8.41. The summed E-state index contributed by atoms with van der Waals surface area (Å²) in [5.74, 6) is 1.90. The number of carbonyl (C=O) groups excluding carboxylic acids is 1. The molecule has 6 heteroatoms. The van der Waals surface area contributed by atoms with Gasteiger partial charge in [-0.15, -0.1) is 0 Å². The number of benzene rings is 1. The molecule has 1 N–H and O–H groups in total. The molecule has 0 heterocycles. The molecule has 4 aliphatic carbocycles. The van der Waals surface area contributed by atoms with Crippen LogP contribution < -0.4 is 5.43 Å².